The van der Waals surface area contributed by atoms with E-state index in [1.807, 2.05) is 12.1 Å². The van der Waals surface area contributed by atoms with E-state index in [2.05, 4.69) is 40.4 Å². The van der Waals surface area contributed by atoms with Crippen LogP contribution in [0.2, 0.25) is 0 Å². The minimum Gasteiger partial charge on any atom is -0.378 e. The summed E-state index contributed by atoms with van der Waals surface area (Å²) in [6.45, 7) is 4.77. The van der Waals surface area contributed by atoms with Gasteiger partial charge in [0.2, 0.25) is 0 Å². The van der Waals surface area contributed by atoms with Gasteiger partial charge in [-0.3, -0.25) is 0 Å². The summed E-state index contributed by atoms with van der Waals surface area (Å²) < 4.78 is 6.92. The van der Waals surface area contributed by atoms with Gasteiger partial charge in [-0.25, -0.2) is 9.97 Å². The highest BCUT2D eigenvalue weighted by atomic mass is 16.5. The Kier molecular flexibility index (Phi) is 3.40. The normalized spacial score (nSPS) is 17.8. The van der Waals surface area contributed by atoms with Crippen molar-refractivity contribution in [2.24, 2.45) is 0 Å². The lowest BCUT2D eigenvalue weighted by Gasteiger charge is -2.34. The summed E-state index contributed by atoms with van der Waals surface area (Å²) in [6.07, 6.45) is 2.54. The summed E-state index contributed by atoms with van der Waals surface area (Å²) in [5.41, 5.74) is 2.93. The van der Waals surface area contributed by atoms with Gasteiger partial charge < -0.3 is 14.5 Å². The number of hydrogen-bond acceptors (Lipinski definition) is 9. The fraction of sp³-hybridized carbons (Fsp3) is 0.467. The van der Waals surface area contributed by atoms with Gasteiger partial charge in [0.15, 0.2) is 11.5 Å². The van der Waals surface area contributed by atoms with Crippen LogP contribution in [-0.4, -0.2) is 68.1 Å². The summed E-state index contributed by atoms with van der Waals surface area (Å²) in [5.74, 6) is 1.86. The van der Waals surface area contributed by atoms with Crippen molar-refractivity contribution in [1.29, 1.82) is 0 Å². The Morgan fingerprint density at radius 2 is 1.92 bits per heavy atom. The van der Waals surface area contributed by atoms with E-state index < -0.39 is 0 Å². The quantitative estimate of drug-likeness (QED) is 0.623. The number of nitrogens with zero attached hydrogens (tertiary/aromatic N) is 9. The molecule has 1 saturated heterocycles. The highest BCUT2D eigenvalue weighted by Gasteiger charge is 2.25. The molecule has 3 aromatic rings. The van der Waals surface area contributed by atoms with Crippen LogP contribution in [0.3, 0.4) is 0 Å². The van der Waals surface area contributed by atoms with Crippen molar-refractivity contribution >= 4 is 17.3 Å². The Hall–Kier alpha value is -2.88. The van der Waals surface area contributed by atoms with Crippen LogP contribution in [0.15, 0.2) is 18.5 Å². The summed E-state index contributed by atoms with van der Waals surface area (Å²) in [7, 11) is 0. The molecule has 0 radical (unpaired) electrons. The van der Waals surface area contributed by atoms with Gasteiger partial charge in [0.1, 0.15) is 12.1 Å². The van der Waals surface area contributed by atoms with Gasteiger partial charge in [0.25, 0.3) is 0 Å². The van der Waals surface area contributed by atoms with Gasteiger partial charge in [0, 0.05) is 38.2 Å². The molecule has 0 N–H and O–H groups in total. The SMILES string of the molecule is c1nc2c(c(N3CCOCC3)n1)CN(c1ccc3nnnn3n1)CC2. The molecule has 0 saturated carbocycles. The standard InChI is InChI=1S/C15H17N9O/c1-2-14(19-24-13(1)18-20-21-24)23-4-3-12-11(9-23)15(17-10-16-12)22-5-7-25-8-6-22/h1-2,10H,3-9H2. The molecule has 128 valence electrons. The van der Waals surface area contributed by atoms with E-state index in [-0.39, 0.29) is 0 Å². The third-order valence-corrected chi connectivity index (χ3v) is 4.67. The molecule has 0 aromatic carbocycles. The molecule has 25 heavy (non-hydrogen) atoms. The molecule has 5 heterocycles. The summed E-state index contributed by atoms with van der Waals surface area (Å²) in [5, 5.41) is 15.9. The molecule has 1 fully saturated rings. The molecule has 0 amide bonds. The average molecular weight is 339 g/mol. The average Bonchev–Trinajstić information content (AvgIpc) is 3.15. The maximum Gasteiger partial charge on any atom is 0.200 e. The Morgan fingerprint density at radius 1 is 1.00 bits per heavy atom. The number of ether oxygens (including phenoxy) is 1. The predicted molar refractivity (Wildman–Crippen MR) is 88.4 cm³/mol. The van der Waals surface area contributed by atoms with Crippen LogP contribution >= 0.6 is 0 Å². The molecule has 0 bridgehead atoms. The molecule has 0 unspecified atom stereocenters. The van der Waals surface area contributed by atoms with Crippen LogP contribution in [0.5, 0.6) is 0 Å². The van der Waals surface area contributed by atoms with E-state index in [0.29, 0.717) is 5.65 Å². The summed E-state index contributed by atoms with van der Waals surface area (Å²) in [6, 6.07) is 3.83. The van der Waals surface area contributed by atoms with Crippen molar-refractivity contribution in [2.45, 2.75) is 13.0 Å². The zero-order valence-corrected chi connectivity index (χ0v) is 13.6. The van der Waals surface area contributed by atoms with Crippen molar-refractivity contribution in [3.63, 3.8) is 0 Å². The first-order valence-corrected chi connectivity index (χ1v) is 8.34. The van der Waals surface area contributed by atoms with Crippen LogP contribution in [-0.2, 0) is 17.7 Å². The molecule has 0 spiro atoms. The maximum atomic E-state index is 5.46. The minimum atomic E-state index is 0.637. The molecular weight excluding hydrogens is 322 g/mol. The van der Waals surface area contributed by atoms with Gasteiger partial charge in [-0.05, 0) is 22.6 Å². The molecule has 3 aromatic heterocycles. The first-order chi connectivity index (χ1) is 12.4. The van der Waals surface area contributed by atoms with Crippen LogP contribution in [0.1, 0.15) is 11.3 Å². The lowest BCUT2D eigenvalue weighted by atomic mass is 10.1. The lowest BCUT2D eigenvalue weighted by Crippen LogP contribution is -2.39. The second-order valence-corrected chi connectivity index (χ2v) is 6.11. The van der Waals surface area contributed by atoms with Crippen molar-refractivity contribution < 1.29 is 4.74 Å². The number of tetrazole rings is 1. The van der Waals surface area contributed by atoms with Gasteiger partial charge in [0.05, 0.1) is 18.9 Å². The van der Waals surface area contributed by atoms with Crippen LogP contribution < -0.4 is 9.80 Å². The van der Waals surface area contributed by atoms with Crippen LogP contribution in [0.4, 0.5) is 11.6 Å². The van der Waals surface area contributed by atoms with Crippen LogP contribution in [0.25, 0.3) is 5.65 Å². The summed E-state index contributed by atoms with van der Waals surface area (Å²) in [4.78, 5) is 13.6. The molecule has 2 aliphatic heterocycles. The predicted octanol–water partition coefficient (Wildman–Crippen LogP) is -0.291. The van der Waals surface area contributed by atoms with Crippen LogP contribution in [0, 0.1) is 0 Å². The molecule has 10 heteroatoms. The molecular formula is C15H17N9O. The van der Waals surface area contributed by atoms with Gasteiger partial charge in [-0.1, -0.05) is 0 Å². The third-order valence-electron chi connectivity index (χ3n) is 4.67. The monoisotopic (exact) mass is 339 g/mol. The topological polar surface area (TPSA) is 97.5 Å². The van der Waals surface area contributed by atoms with Gasteiger partial charge >= 0.3 is 0 Å². The molecule has 5 rings (SSSR count). The molecule has 10 nitrogen and oxygen atoms in total. The molecule has 0 atom stereocenters. The van der Waals surface area contributed by atoms with Crippen molar-refractivity contribution in [3.8, 4) is 0 Å². The number of hydrogen-bond donors (Lipinski definition) is 0. The Labute approximate surface area is 143 Å². The van der Waals surface area contributed by atoms with Gasteiger partial charge in [-0.2, -0.15) is 0 Å². The maximum absolute atomic E-state index is 5.46. The van der Waals surface area contributed by atoms with E-state index in [4.69, 9.17) is 4.74 Å². The minimum absolute atomic E-state index is 0.637. The highest BCUT2D eigenvalue weighted by molar-refractivity contribution is 5.54. The second kappa shape index (κ2) is 5.88. The highest BCUT2D eigenvalue weighted by Crippen LogP contribution is 2.28. The lowest BCUT2D eigenvalue weighted by molar-refractivity contribution is 0.122. The number of morpholine rings is 1. The van der Waals surface area contributed by atoms with E-state index in [1.165, 1.54) is 10.2 Å². The number of rotatable bonds is 2. The number of fused-ring (bicyclic) bond motifs is 2. The van der Waals surface area contributed by atoms with Crippen molar-refractivity contribution in [2.75, 3.05) is 42.6 Å². The Morgan fingerprint density at radius 3 is 2.84 bits per heavy atom. The zero-order chi connectivity index (χ0) is 16.6. The Bertz CT molecular complexity index is 905. The zero-order valence-electron chi connectivity index (χ0n) is 13.6. The molecule has 0 aliphatic carbocycles. The van der Waals surface area contributed by atoms with Crippen molar-refractivity contribution in [1.82, 2.24) is 35.2 Å². The largest absolute Gasteiger partial charge is 0.378 e. The second-order valence-electron chi connectivity index (χ2n) is 6.11. The van der Waals surface area contributed by atoms with Gasteiger partial charge in [-0.15, -0.1) is 14.8 Å². The third kappa shape index (κ3) is 2.54. The fourth-order valence-corrected chi connectivity index (χ4v) is 3.38. The first-order valence-electron chi connectivity index (χ1n) is 8.34. The first kappa shape index (κ1) is 14.5. The Balaban J connectivity index is 1.48. The number of anilines is 2. The summed E-state index contributed by atoms with van der Waals surface area (Å²) >= 11 is 0. The molecule has 2 aliphatic rings. The number of aromatic nitrogens is 7. The van der Waals surface area contributed by atoms with E-state index >= 15 is 0 Å². The smallest absolute Gasteiger partial charge is 0.200 e. The van der Waals surface area contributed by atoms with E-state index in [0.717, 1.165) is 63.1 Å². The van der Waals surface area contributed by atoms with Crippen molar-refractivity contribution in [3.05, 3.63) is 29.7 Å². The fourth-order valence-electron chi connectivity index (χ4n) is 3.38. The van der Waals surface area contributed by atoms with E-state index in [9.17, 15) is 0 Å². The van der Waals surface area contributed by atoms with E-state index in [1.54, 1.807) is 6.33 Å².